The van der Waals surface area contributed by atoms with Crippen molar-refractivity contribution in [3.8, 4) is 17.1 Å². The van der Waals surface area contributed by atoms with Crippen LogP contribution >= 0.6 is 11.6 Å². The number of nitrogens with one attached hydrogen (secondary N) is 2. The Kier molecular flexibility index (Phi) is 6.58. The van der Waals surface area contributed by atoms with Crippen molar-refractivity contribution in [2.24, 2.45) is 0 Å². The number of hydrogen-bond acceptors (Lipinski definition) is 4. The summed E-state index contributed by atoms with van der Waals surface area (Å²) in [7, 11) is 1.59. The van der Waals surface area contributed by atoms with Crippen LogP contribution in [0.5, 0.6) is 5.75 Å². The van der Waals surface area contributed by atoms with Gasteiger partial charge in [-0.3, -0.25) is 14.2 Å². The lowest BCUT2D eigenvalue weighted by atomic mass is 10.1. The number of fused-ring (bicyclic) bond motifs is 2. The number of aromatic nitrogens is 3. The molecule has 0 fully saturated rings. The number of amides is 1. The Labute approximate surface area is 235 Å². The number of carbonyl (C=O) groups is 2. The van der Waals surface area contributed by atoms with Crippen LogP contribution in [0.4, 0.5) is 5.69 Å². The number of carbonyl (C=O) groups excluding carboxylic acids is 2. The first-order valence-electron chi connectivity index (χ1n) is 12.7. The number of H-pyrrole nitrogens is 1. The van der Waals surface area contributed by atoms with E-state index in [-0.39, 0.29) is 18.2 Å². The summed E-state index contributed by atoms with van der Waals surface area (Å²) in [5.41, 5.74) is 5.81. The van der Waals surface area contributed by atoms with Crippen LogP contribution < -0.4 is 10.1 Å². The highest BCUT2D eigenvalue weighted by molar-refractivity contribution is 6.30. The third-order valence-corrected chi connectivity index (χ3v) is 7.27. The Bertz CT molecular complexity index is 1870. The maximum absolute atomic E-state index is 13.6. The molecule has 40 heavy (non-hydrogen) atoms. The molecule has 8 heteroatoms. The highest BCUT2D eigenvalue weighted by atomic mass is 35.5. The average molecular weight is 549 g/mol. The topological polar surface area (TPSA) is 89.0 Å². The molecule has 0 spiro atoms. The molecule has 0 aliphatic heterocycles. The number of aromatic amines is 1. The molecule has 198 valence electrons. The molecule has 2 N–H and O–H groups in total. The van der Waals surface area contributed by atoms with Crippen molar-refractivity contribution in [2.75, 3.05) is 12.4 Å². The molecule has 0 saturated carbocycles. The third kappa shape index (κ3) is 4.61. The number of benzene rings is 4. The van der Waals surface area contributed by atoms with Crippen LogP contribution in [0.1, 0.15) is 21.6 Å². The molecule has 0 atom stereocenters. The van der Waals surface area contributed by atoms with Gasteiger partial charge in [0.2, 0.25) is 5.91 Å². The predicted octanol–water partition coefficient (Wildman–Crippen LogP) is 7.02. The van der Waals surface area contributed by atoms with Crippen LogP contribution in [0.25, 0.3) is 33.3 Å². The van der Waals surface area contributed by atoms with E-state index in [1.54, 1.807) is 42.0 Å². The average Bonchev–Trinajstić information content (AvgIpc) is 3.52. The first-order chi connectivity index (χ1) is 19.4. The first-order valence-corrected chi connectivity index (χ1v) is 13.1. The van der Waals surface area contributed by atoms with Gasteiger partial charge < -0.3 is 15.0 Å². The number of methoxy groups -OCH3 is 1. The minimum atomic E-state index is -0.215. The summed E-state index contributed by atoms with van der Waals surface area (Å²) in [5.74, 6) is 0.891. The molecule has 6 aromatic rings. The first kappa shape index (κ1) is 25.4. The Morgan fingerprint density at radius 2 is 1.73 bits per heavy atom. The molecule has 0 aliphatic rings. The van der Waals surface area contributed by atoms with E-state index in [1.807, 2.05) is 67.6 Å². The third-order valence-electron chi connectivity index (χ3n) is 7.02. The predicted molar refractivity (Wildman–Crippen MR) is 158 cm³/mol. The monoisotopic (exact) mass is 548 g/mol. The van der Waals surface area contributed by atoms with Crippen LogP contribution in [0, 0.1) is 6.92 Å². The fraction of sp³-hybridized carbons (Fsp3) is 0.0938. The van der Waals surface area contributed by atoms with Gasteiger partial charge in [-0.15, -0.1) is 0 Å². The Balaban J connectivity index is 1.36. The lowest BCUT2D eigenvalue weighted by molar-refractivity contribution is -0.115. The van der Waals surface area contributed by atoms with Crippen molar-refractivity contribution in [3.05, 3.63) is 113 Å². The Morgan fingerprint density at radius 1 is 0.975 bits per heavy atom. The molecule has 0 unspecified atom stereocenters. The van der Waals surface area contributed by atoms with E-state index in [9.17, 15) is 9.59 Å². The van der Waals surface area contributed by atoms with Gasteiger partial charge in [-0.1, -0.05) is 35.9 Å². The molecular weight excluding hydrogens is 524 g/mol. The second-order valence-electron chi connectivity index (χ2n) is 9.47. The maximum Gasteiger partial charge on any atom is 0.262 e. The van der Waals surface area contributed by atoms with Crippen molar-refractivity contribution >= 4 is 51.0 Å². The fourth-order valence-corrected chi connectivity index (χ4v) is 5.16. The van der Waals surface area contributed by atoms with Gasteiger partial charge >= 0.3 is 0 Å². The van der Waals surface area contributed by atoms with Gasteiger partial charge in [0.25, 0.3) is 5.91 Å². The summed E-state index contributed by atoms with van der Waals surface area (Å²) in [5, 5.41) is 4.39. The fourth-order valence-electron chi connectivity index (χ4n) is 5.03. The van der Waals surface area contributed by atoms with Gasteiger partial charge in [0, 0.05) is 27.2 Å². The molecule has 2 aromatic heterocycles. The number of imidazole rings is 1. The molecule has 4 aromatic carbocycles. The highest BCUT2D eigenvalue weighted by Gasteiger charge is 2.22. The molecule has 7 nitrogen and oxygen atoms in total. The van der Waals surface area contributed by atoms with E-state index in [2.05, 4.69) is 10.3 Å². The maximum atomic E-state index is 13.6. The van der Waals surface area contributed by atoms with E-state index >= 15 is 0 Å². The SMILES string of the molecule is COc1ccc2c(c1)c(CC(=O)Nc1ccccc1-c1nc3ccccc3[nH]1)c(C)n2C(=O)c1ccc(Cl)cc1. The quantitative estimate of drug-likeness (QED) is 0.234. The molecule has 0 saturated heterocycles. The molecule has 0 bridgehead atoms. The molecule has 0 aliphatic carbocycles. The van der Waals surface area contributed by atoms with E-state index in [0.29, 0.717) is 39.1 Å². The number of ether oxygens (including phenoxy) is 1. The summed E-state index contributed by atoms with van der Waals surface area (Å²) < 4.78 is 7.10. The van der Waals surface area contributed by atoms with Crippen LogP contribution in [0.2, 0.25) is 5.02 Å². The number of hydrogen-bond donors (Lipinski definition) is 2. The molecule has 1 amide bonds. The second kappa shape index (κ2) is 10.4. The number of halogens is 1. The smallest absolute Gasteiger partial charge is 0.262 e. The zero-order valence-corrected chi connectivity index (χ0v) is 22.6. The van der Waals surface area contributed by atoms with E-state index in [4.69, 9.17) is 21.3 Å². The number of para-hydroxylation sites is 3. The van der Waals surface area contributed by atoms with Gasteiger partial charge in [0.1, 0.15) is 11.6 Å². The minimum Gasteiger partial charge on any atom is -0.497 e. The summed E-state index contributed by atoms with van der Waals surface area (Å²) in [6, 6.07) is 27.6. The lowest BCUT2D eigenvalue weighted by Gasteiger charge is -2.10. The largest absolute Gasteiger partial charge is 0.497 e. The van der Waals surface area contributed by atoms with Gasteiger partial charge in [-0.2, -0.15) is 0 Å². The molecule has 2 heterocycles. The highest BCUT2D eigenvalue weighted by Crippen LogP contribution is 2.32. The van der Waals surface area contributed by atoms with Crippen molar-refractivity contribution in [3.63, 3.8) is 0 Å². The number of nitrogens with zero attached hydrogens (tertiary/aromatic N) is 2. The van der Waals surface area contributed by atoms with E-state index in [0.717, 1.165) is 27.5 Å². The van der Waals surface area contributed by atoms with Gasteiger partial charge in [-0.25, -0.2) is 4.98 Å². The zero-order chi connectivity index (χ0) is 27.8. The van der Waals surface area contributed by atoms with Gasteiger partial charge in [0.15, 0.2) is 0 Å². The van der Waals surface area contributed by atoms with Crippen LogP contribution in [0.15, 0.2) is 91.0 Å². The molecule has 6 rings (SSSR count). The normalized spacial score (nSPS) is 11.2. The van der Waals surface area contributed by atoms with Crippen molar-refractivity contribution in [1.29, 1.82) is 0 Å². The van der Waals surface area contributed by atoms with Crippen LogP contribution in [-0.4, -0.2) is 33.5 Å². The van der Waals surface area contributed by atoms with Crippen LogP contribution in [0.3, 0.4) is 0 Å². The summed E-state index contributed by atoms with van der Waals surface area (Å²) >= 11 is 6.04. The van der Waals surface area contributed by atoms with Crippen molar-refractivity contribution in [2.45, 2.75) is 13.3 Å². The second-order valence-corrected chi connectivity index (χ2v) is 9.90. The summed E-state index contributed by atoms with van der Waals surface area (Å²) in [6.45, 7) is 1.85. The van der Waals surface area contributed by atoms with E-state index < -0.39 is 0 Å². The number of rotatable bonds is 6. The van der Waals surface area contributed by atoms with Crippen LogP contribution in [-0.2, 0) is 11.2 Å². The van der Waals surface area contributed by atoms with Gasteiger partial charge in [0.05, 0.1) is 35.8 Å². The molecule has 0 radical (unpaired) electrons. The van der Waals surface area contributed by atoms with E-state index in [1.165, 1.54) is 0 Å². The lowest BCUT2D eigenvalue weighted by Crippen LogP contribution is -2.17. The van der Waals surface area contributed by atoms with Crippen molar-refractivity contribution < 1.29 is 14.3 Å². The summed E-state index contributed by atoms with van der Waals surface area (Å²) in [6.07, 6.45) is 0.0604. The Morgan fingerprint density at radius 3 is 2.50 bits per heavy atom. The summed E-state index contributed by atoms with van der Waals surface area (Å²) in [4.78, 5) is 35.1. The zero-order valence-electron chi connectivity index (χ0n) is 21.9. The van der Waals surface area contributed by atoms with Gasteiger partial charge in [-0.05, 0) is 79.2 Å². The van der Waals surface area contributed by atoms with Crippen molar-refractivity contribution in [1.82, 2.24) is 14.5 Å². The number of anilines is 1. The minimum absolute atomic E-state index is 0.0604. The molecular formula is C32H25ClN4O3. The standard InChI is InChI=1S/C32H25ClN4O3/c1-19-24(25-17-22(40-2)15-16-29(25)37(19)32(39)20-11-13-21(33)14-12-20)18-30(38)34-26-8-4-3-7-23(26)31-35-27-9-5-6-10-28(27)36-31/h3-17H,18H2,1-2H3,(H,34,38)(H,35,36). The Hall–Kier alpha value is -4.88.